The predicted molar refractivity (Wildman–Crippen MR) is 174 cm³/mol. The predicted octanol–water partition coefficient (Wildman–Crippen LogP) is 5.67. The van der Waals surface area contributed by atoms with Crippen molar-refractivity contribution in [1.29, 1.82) is 0 Å². The van der Waals surface area contributed by atoms with Crippen molar-refractivity contribution >= 4 is 44.6 Å². The highest BCUT2D eigenvalue weighted by Crippen LogP contribution is 2.35. The molecule has 0 bridgehead atoms. The van der Waals surface area contributed by atoms with Crippen molar-refractivity contribution < 1.29 is 31.8 Å². The van der Waals surface area contributed by atoms with Crippen LogP contribution in [0.5, 0.6) is 5.75 Å². The third-order valence-electron chi connectivity index (χ3n) is 7.90. The summed E-state index contributed by atoms with van der Waals surface area (Å²) in [6, 6.07) is 15.2. The summed E-state index contributed by atoms with van der Waals surface area (Å²) in [6.07, 6.45) is 2.21. The van der Waals surface area contributed by atoms with Gasteiger partial charge in [0.25, 0.3) is 0 Å². The number of carbonyl (C=O) groups is 1. The molecule has 0 saturated carbocycles. The van der Waals surface area contributed by atoms with Crippen LogP contribution in [0.2, 0.25) is 0 Å². The van der Waals surface area contributed by atoms with Crippen LogP contribution in [0.4, 0.5) is 5.69 Å². The van der Waals surface area contributed by atoms with Crippen LogP contribution in [0.3, 0.4) is 0 Å². The molecule has 3 aromatic carbocycles. The Bertz CT molecular complexity index is 1940. The van der Waals surface area contributed by atoms with Crippen LogP contribution in [0.15, 0.2) is 66.6 Å². The summed E-state index contributed by atoms with van der Waals surface area (Å²) in [5, 5.41) is 20.1. The Labute approximate surface area is 277 Å². The summed E-state index contributed by atoms with van der Waals surface area (Å²) >= 11 is 5.88. The van der Waals surface area contributed by atoms with Crippen LogP contribution >= 0.6 is 11.6 Å². The molecular weight excluding hydrogens is 650 g/mol. The van der Waals surface area contributed by atoms with E-state index in [-0.39, 0.29) is 49.5 Å². The van der Waals surface area contributed by atoms with Crippen LogP contribution in [-0.2, 0) is 37.1 Å². The van der Waals surface area contributed by atoms with Crippen molar-refractivity contribution in [3.8, 4) is 5.75 Å². The molecule has 1 unspecified atom stereocenters. The van der Waals surface area contributed by atoms with E-state index < -0.39 is 21.1 Å². The second kappa shape index (κ2) is 14.5. The van der Waals surface area contributed by atoms with E-state index in [9.17, 15) is 23.3 Å². The number of nitro benzene ring substituents is 1. The summed E-state index contributed by atoms with van der Waals surface area (Å²) in [4.78, 5) is 23.6. The van der Waals surface area contributed by atoms with Crippen molar-refractivity contribution in [2.75, 3.05) is 19.0 Å². The fourth-order valence-corrected chi connectivity index (χ4v) is 6.55. The van der Waals surface area contributed by atoms with E-state index in [4.69, 9.17) is 25.3 Å². The Morgan fingerprint density at radius 1 is 1.17 bits per heavy atom. The van der Waals surface area contributed by atoms with Gasteiger partial charge in [-0.3, -0.25) is 14.9 Å². The number of hydrogen-bond donors (Lipinski definition) is 0. The molecule has 47 heavy (non-hydrogen) atoms. The second-order valence-electron chi connectivity index (χ2n) is 10.9. The average molecular weight is 684 g/mol. The van der Waals surface area contributed by atoms with Crippen molar-refractivity contribution in [2.24, 2.45) is 0 Å². The van der Waals surface area contributed by atoms with E-state index >= 15 is 0 Å². The highest BCUT2D eigenvalue weighted by Gasteiger charge is 2.32. The van der Waals surface area contributed by atoms with Gasteiger partial charge in [-0.2, -0.15) is 12.7 Å². The number of aromatic nitrogens is 3. The number of hydrogen-bond acceptors (Lipinski definition) is 10. The largest absolute Gasteiger partial charge is 0.466 e. The first kappa shape index (κ1) is 33.8. The minimum Gasteiger partial charge on any atom is -0.466 e. The van der Waals surface area contributed by atoms with Crippen molar-refractivity contribution in [1.82, 2.24) is 19.3 Å². The molecule has 0 saturated heterocycles. The van der Waals surface area contributed by atoms with Gasteiger partial charge in [-0.25, -0.2) is 4.68 Å². The molecule has 0 amide bonds. The molecule has 0 spiro atoms. The number of halogens is 1. The van der Waals surface area contributed by atoms with Gasteiger partial charge >= 0.3 is 27.9 Å². The lowest BCUT2D eigenvalue weighted by atomic mass is 9.84. The van der Waals surface area contributed by atoms with Crippen LogP contribution in [0.1, 0.15) is 53.5 Å². The van der Waals surface area contributed by atoms with Gasteiger partial charge in [-0.15, -0.1) is 16.7 Å². The Balaban J connectivity index is 1.44. The van der Waals surface area contributed by atoms with Gasteiger partial charge in [0.1, 0.15) is 5.52 Å². The van der Waals surface area contributed by atoms with Crippen LogP contribution < -0.4 is 4.74 Å². The highest BCUT2D eigenvalue weighted by molar-refractivity contribution is 7.84. The van der Waals surface area contributed by atoms with Gasteiger partial charge in [-0.05, 0) is 67.1 Å². The maximum absolute atomic E-state index is 13.2. The molecule has 0 N–H and O–H groups in total. The molecule has 15 heteroatoms. The summed E-state index contributed by atoms with van der Waals surface area (Å²) in [5.41, 5.74) is 5.33. The van der Waals surface area contributed by atoms with E-state index in [1.54, 1.807) is 6.92 Å². The summed E-state index contributed by atoms with van der Waals surface area (Å²) in [7, 11) is -4.32. The molecule has 248 valence electrons. The minimum atomic E-state index is -4.32. The monoisotopic (exact) mass is 683 g/mol. The molecular formula is C32H34ClN5O8S. The first-order valence-electron chi connectivity index (χ1n) is 15.0. The number of esters is 1. The molecule has 0 aliphatic carbocycles. The average Bonchev–Trinajstić information content (AvgIpc) is 3.45. The Hall–Kier alpha value is -4.53. The van der Waals surface area contributed by atoms with E-state index in [2.05, 4.69) is 10.3 Å². The third-order valence-corrected chi connectivity index (χ3v) is 9.45. The lowest BCUT2D eigenvalue weighted by molar-refractivity contribution is -0.385. The fraction of sp³-hybridized carbons (Fsp3) is 0.344. The Morgan fingerprint density at radius 3 is 2.68 bits per heavy atom. The van der Waals surface area contributed by atoms with Crippen molar-refractivity contribution in [3.63, 3.8) is 0 Å². The van der Waals surface area contributed by atoms with E-state index in [1.807, 2.05) is 48.9 Å². The van der Waals surface area contributed by atoms with Crippen LogP contribution in [-0.4, -0.2) is 57.6 Å². The zero-order chi connectivity index (χ0) is 33.7. The lowest BCUT2D eigenvalue weighted by Gasteiger charge is -2.26. The van der Waals surface area contributed by atoms with E-state index in [0.717, 1.165) is 44.0 Å². The summed E-state index contributed by atoms with van der Waals surface area (Å²) in [5.74, 6) is -0.796. The molecule has 4 aromatic rings. The number of para-hydroxylation sites is 2. The number of alkyl halides is 1. The first-order valence-corrected chi connectivity index (χ1v) is 16.9. The van der Waals surface area contributed by atoms with Crippen molar-refractivity contribution in [3.05, 3.63) is 105 Å². The summed E-state index contributed by atoms with van der Waals surface area (Å²) < 4.78 is 45.2. The van der Waals surface area contributed by atoms with Gasteiger partial charge < -0.3 is 13.7 Å². The number of carbonyl (C=O) groups excluding carboxylic acids is 1. The Morgan fingerprint density at radius 2 is 1.96 bits per heavy atom. The SMILES string of the molecule is CCOC(=O)CC(c1ccc(C)c(CN2CC=C(Oc3ccccc3[N+](=O)[O-])OS2(=O)=O)c1)c1ccc2c(nnn2CCCCl)c1C. The maximum atomic E-state index is 13.2. The molecule has 0 radical (unpaired) electrons. The quantitative estimate of drug-likeness (QED) is 0.0745. The molecule has 1 aliphatic rings. The minimum absolute atomic E-state index is 0.0314. The van der Waals surface area contributed by atoms with Gasteiger partial charge in [0.05, 0.1) is 23.5 Å². The number of nitro groups is 1. The molecule has 5 rings (SSSR count). The molecule has 1 aliphatic heterocycles. The topological polar surface area (TPSA) is 156 Å². The maximum Gasteiger partial charge on any atom is 0.388 e. The lowest BCUT2D eigenvalue weighted by Crippen LogP contribution is -2.36. The number of benzene rings is 3. The molecule has 1 atom stereocenters. The number of nitrogens with zero attached hydrogens (tertiary/aromatic N) is 5. The fourth-order valence-electron chi connectivity index (χ4n) is 5.46. The number of aryl methyl sites for hydroxylation is 3. The van der Waals surface area contributed by atoms with Gasteiger partial charge in [0.15, 0.2) is 0 Å². The summed E-state index contributed by atoms with van der Waals surface area (Å²) in [6.45, 7) is 6.30. The van der Waals surface area contributed by atoms with Gasteiger partial charge in [0.2, 0.25) is 5.75 Å². The normalized spacial score (nSPS) is 15.1. The number of rotatable bonds is 13. The van der Waals surface area contributed by atoms with Crippen molar-refractivity contribution in [2.45, 2.75) is 52.6 Å². The zero-order valence-corrected chi connectivity index (χ0v) is 27.7. The van der Waals surface area contributed by atoms with E-state index in [0.29, 0.717) is 18.0 Å². The van der Waals surface area contributed by atoms with Gasteiger partial charge in [0, 0.05) is 43.6 Å². The molecule has 1 aromatic heterocycles. The smallest absolute Gasteiger partial charge is 0.388 e. The third kappa shape index (κ3) is 7.56. The number of ether oxygens (including phenoxy) is 2. The molecule has 2 heterocycles. The van der Waals surface area contributed by atoms with E-state index in [1.165, 1.54) is 30.3 Å². The Kier molecular flexibility index (Phi) is 10.4. The molecule has 13 nitrogen and oxygen atoms in total. The standard InChI is InChI=1S/C32H34ClN5O8S/c1-4-44-30(39)19-26(25-12-13-28-32(22(25)3)34-35-37(28)16-7-15-33)23-11-10-21(2)24(18-23)20-36-17-14-31(46-47(36,42)43)45-29-9-6-5-8-27(29)38(40)41/h5-6,8-14,18,26H,4,7,15-17,19-20H2,1-3H3. The zero-order valence-electron chi connectivity index (χ0n) is 26.1. The second-order valence-corrected chi connectivity index (χ2v) is 12.9. The highest BCUT2D eigenvalue weighted by atomic mass is 35.5. The first-order chi connectivity index (χ1) is 22.5. The van der Waals surface area contributed by atoms with Gasteiger partial charge in [-0.1, -0.05) is 41.6 Å². The van der Waals surface area contributed by atoms with Crippen LogP contribution in [0, 0.1) is 24.0 Å². The number of fused-ring (bicyclic) bond motifs is 1. The van der Waals surface area contributed by atoms with Crippen LogP contribution in [0.25, 0.3) is 11.0 Å². The molecule has 0 fully saturated rings.